The minimum atomic E-state index is -1.22. The van der Waals surface area contributed by atoms with Gasteiger partial charge in [-0.3, -0.25) is 9.59 Å². The Balaban J connectivity index is 1.82. The Hall–Kier alpha value is -4.99. The van der Waals surface area contributed by atoms with E-state index in [1.54, 1.807) is 63.2 Å². The molecule has 3 amide bonds. The molecule has 3 aromatic carbocycles. The molecule has 0 bridgehead atoms. The second-order valence-electron chi connectivity index (χ2n) is 13.1. The minimum Gasteiger partial charge on any atom is -0.444 e. The standard InChI is InChI=1S/C38H47N3O7/c1-26(2)21-23-30(39-34(43)31(41-37(46)48-38(3,4)5)24-22-27-15-9-6-10-16-27)33(42)40-32(25-28-17-11-7-12-18-28)36(45)47-35(44)29-19-13-8-14-20-29/h6-20,26,30-32H,21-25H2,1-5H3,(H,39,43)(H,40,42)(H,41,46)/t30-,31-,32-/m0/s1. The van der Waals surface area contributed by atoms with E-state index in [-0.39, 0.29) is 30.7 Å². The van der Waals surface area contributed by atoms with E-state index in [1.165, 1.54) is 12.1 Å². The SMILES string of the molecule is CC(C)CC[C@H](NC(=O)[C@H](CCc1ccccc1)NC(=O)OC(C)(C)C)C(=O)N[C@@H](Cc1ccccc1)C(=O)OC(=O)c1ccccc1. The third-order valence-corrected chi connectivity index (χ3v) is 7.32. The van der Waals surface area contributed by atoms with Crippen molar-refractivity contribution in [2.45, 2.75) is 90.4 Å². The van der Waals surface area contributed by atoms with Crippen molar-refractivity contribution in [3.8, 4) is 0 Å². The number of carbonyl (C=O) groups excluding carboxylic acids is 5. The molecule has 0 unspecified atom stereocenters. The highest BCUT2D eigenvalue weighted by molar-refractivity contribution is 5.99. The van der Waals surface area contributed by atoms with Gasteiger partial charge in [-0.05, 0) is 75.6 Å². The molecule has 0 aliphatic rings. The molecule has 3 atom stereocenters. The summed E-state index contributed by atoms with van der Waals surface area (Å²) in [7, 11) is 0. The summed E-state index contributed by atoms with van der Waals surface area (Å²) < 4.78 is 10.6. The lowest BCUT2D eigenvalue weighted by molar-refractivity contribution is -0.143. The van der Waals surface area contributed by atoms with Crippen molar-refractivity contribution in [3.05, 3.63) is 108 Å². The summed E-state index contributed by atoms with van der Waals surface area (Å²) in [6.07, 6.45) is 0.886. The predicted molar refractivity (Wildman–Crippen MR) is 183 cm³/mol. The number of carbonyl (C=O) groups is 5. The fourth-order valence-electron chi connectivity index (χ4n) is 4.83. The van der Waals surface area contributed by atoms with Crippen LogP contribution in [0.2, 0.25) is 0 Å². The molecule has 0 aromatic heterocycles. The number of alkyl carbamates (subject to hydrolysis) is 1. The number of rotatable bonds is 15. The average molecular weight is 658 g/mol. The zero-order valence-corrected chi connectivity index (χ0v) is 28.4. The van der Waals surface area contributed by atoms with E-state index in [0.717, 1.165) is 11.1 Å². The molecular weight excluding hydrogens is 610 g/mol. The Morgan fingerprint density at radius 3 is 1.67 bits per heavy atom. The second kappa shape index (κ2) is 18.4. The first-order valence-corrected chi connectivity index (χ1v) is 16.3. The van der Waals surface area contributed by atoms with Crippen LogP contribution >= 0.6 is 0 Å². The number of aryl methyl sites for hydroxylation is 1. The third kappa shape index (κ3) is 13.4. The van der Waals surface area contributed by atoms with Crippen molar-refractivity contribution in [2.75, 3.05) is 0 Å². The van der Waals surface area contributed by atoms with Crippen LogP contribution in [-0.4, -0.2) is 53.6 Å². The van der Waals surface area contributed by atoms with Crippen molar-refractivity contribution in [2.24, 2.45) is 5.92 Å². The predicted octanol–water partition coefficient (Wildman–Crippen LogP) is 5.54. The van der Waals surface area contributed by atoms with E-state index >= 15 is 0 Å². The van der Waals surface area contributed by atoms with E-state index < -0.39 is 53.6 Å². The van der Waals surface area contributed by atoms with Crippen LogP contribution in [0.5, 0.6) is 0 Å². The number of hydrogen-bond donors (Lipinski definition) is 3. The van der Waals surface area contributed by atoms with Crippen molar-refractivity contribution in [1.82, 2.24) is 16.0 Å². The first-order valence-electron chi connectivity index (χ1n) is 16.3. The third-order valence-electron chi connectivity index (χ3n) is 7.32. The molecule has 0 heterocycles. The summed E-state index contributed by atoms with van der Waals surface area (Å²) in [5.74, 6) is -2.75. The van der Waals surface area contributed by atoms with E-state index in [0.29, 0.717) is 12.8 Å². The number of nitrogens with one attached hydrogen (secondary N) is 3. The molecule has 3 N–H and O–H groups in total. The van der Waals surface area contributed by atoms with Gasteiger partial charge in [0.25, 0.3) is 0 Å². The molecule has 0 spiro atoms. The van der Waals surface area contributed by atoms with Gasteiger partial charge in [0.1, 0.15) is 23.7 Å². The Kier molecular flexibility index (Phi) is 14.3. The van der Waals surface area contributed by atoms with Crippen molar-refractivity contribution >= 4 is 29.8 Å². The molecule has 0 fully saturated rings. The van der Waals surface area contributed by atoms with Gasteiger partial charge in [0.05, 0.1) is 5.56 Å². The number of amides is 3. The average Bonchev–Trinajstić information content (AvgIpc) is 3.04. The molecule has 0 saturated heterocycles. The normalized spacial score (nSPS) is 13.0. The van der Waals surface area contributed by atoms with Crippen molar-refractivity contribution < 1.29 is 33.4 Å². The largest absolute Gasteiger partial charge is 0.444 e. The van der Waals surface area contributed by atoms with Crippen molar-refractivity contribution in [1.29, 1.82) is 0 Å². The topological polar surface area (TPSA) is 140 Å². The van der Waals surface area contributed by atoms with Crippen LogP contribution in [0, 0.1) is 5.92 Å². The highest BCUT2D eigenvalue weighted by atomic mass is 16.6. The van der Waals surface area contributed by atoms with Crippen LogP contribution in [-0.2, 0) is 36.7 Å². The lowest BCUT2D eigenvalue weighted by Gasteiger charge is -2.26. The zero-order chi connectivity index (χ0) is 35.1. The molecule has 10 nitrogen and oxygen atoms in total. The monoisotopic (exact) mass is 657 g/mol. The van der Waals surface area contributed by atoms with Crippen molar-refractivity contribution in [3.63, 3.8) is 0 Å². The smallest absolute Gasteiger partial charge is 0.408 e. The molecule has 3 aromatic rings. The maximum atomic E-state index is 13.8. The van der Waals surface area contributed by atoms with Crippen LogP contribution < -0.4 is 16.0 Å². The van der Waals surface area contributed by atoms with E-state index in [4.69, 9.17) is 9.47 Å². The number of benzene rings is 3. The second-order valence-corrected chi connectivity index (χ2v) is 13.1. The molecule has 0 aliphatic carbocycles. The molecular formula is C38H47N3O7. The molecule has 48 heavy (non-hydrogen) atoms. The highest BCUT2D eigenvalue weighted by Gasteiger charge is 2.32. The first kappa shape index (κ1) is 37.5. The van der Waals surface area contributed by atoms with Crippen LogP contribution in [0.25, 0.3) is 0 Å². The Labute approximate surface area is 283 Å². The molecule has 256 valence electrons. The summed E-state index contributed by atoms with van der Waals surface area (Å²) >= 11 is 0. The molecule has 10 heteroatoms. The van der Waals surface area contributed by atoms with Crippen LogP contribution in [0.15, 0.2) is 91.0 Å². The Morgan fingerprint density at radius 2 is 1.12 bits per heavy atom. The van der Waals surface area contributed by atoms with E-state index in [9.17, 15) is 24.0 Å². The van der Waals surface area contributed by atoms with Gasteiger partial charge in [-0.2, -0.15) is 0 Å². The summed E-state index contributed by atoms with van der Waals surface area (Å²) in [5, 5.41) is 8.20. The lowest BCUT2D eigenvalue weighted by atomic mass is 10.00. The van der Waals surface area contributed by atoms with Gasteiger partial charge in [0, 0.05) is 6.42 Å². The van der Waals surface area contributed by atoms with Gasteiger partial charge in [-0.25, -0.2) is 14.4 Å². The maximum absolute atomic E-state index is 13.8. The van der Waals surface area contributed by atoms with Crippen LogP contribution in [0.1, 0.15) is 75.4 Å². The Bertz CT molecular complexity index is 1490. The van der Waals surface area contributed by atoms with E-state index in [2.05, 4.69) is 16.0 Å². The van der Waals surface area contributed by atoms with E-state index in [1.807, 2.05) is 50.2 Å². The van der Waals surface area contributed by atoms with Crippen LogP contribution in [0.4, 0.5) is 4.79 Å². The van der Waals surface area contributed by atoms with Gasteiger partial charge in [0.2, 0.25) is 11.8 Å². The molecule has 0 aliphatic heterocycles. The maximum Gasteiger partial charge on any atom is 0.408 e. The zero-order valence-electron chi connectivity index (χ0n) is 28.4. The molecule has 0 radical (unpaired) electrons. The van der Waals surface area contributed by atoms with Gasteiger partial charge in [-0.15, -0.1) is 0 Å². The summed E-state index contributed by atoms with van der Waals surface area (Å²) in [5.41, 5.74) is 1.12. The first-order chi connectivity index (χ1) is 22.8. The van der Waals surface area contributed by atoms with Gasteiger partial charge in [-0.1, -0.05) is 92.7 Å². The number of ether oxygens (including phenoxy) is 2. The van der Waals surface area contributed by atoms with Crippen LogP contribution in [0.3, 0.4) is 0 Å². The number of esters is 2. The quantitative estimate of drug-likeness (QED) is 0.144. The lowest BCUT2D eigenvalue weighted by Crippen LogP contribution is -2.56. The summed E-state index contributed by atoms with van der Waals surface area (Å²) in [4.78, 5) is 66.4. The summed E-state index contributed by atoms with van der Waals surface area (Å²) in [6, 6.07) is 23.3. The number of hydrogen-bond acceptors (Lipinski definition) is 7. The Morgan fingerprint density at radius 1 is 0.625 bits per heavy atom. The molecule has 3 rings (SSSR count). The van der Waals surface area contributed by atoms with Gasteiger partial charge >= 0.3 is 18.0 Å². The highest BCUT2D eigenvalue weighted by Crippen LogP contribution is 2.13. The fraction of sp³-hybridized carbons (Fsp3) is 0.395. The molecule has 0 saturated carbocycles. The van der Waals surface area contributed by atoms with Gasteiger partial charge < -0.3 is 25.4 Å². The fourth-order valence-corrected chi connectivity index (χ4v) is 4.83. The summed E-state index contributed by atoms with van der Waals surface area (Å²) in [6.45, 7) is 9.16. The van der Waals surface area contributed by atoms with Gasteiger partial charge in [0.15, 0.2) is 0 Å². The minimum absolute atomic E-state index is 0.0538.